The molecule has 1 aromatic rings. The van der Waals surface area contributed by atoms with Crippen LogP contribution in [0.2, 0.25) is 0 Å². The molecule has 0 saturated heterocycles. The molecular weight excluding hydrogens is 239 g/mol. The van der Waals surface area contributed by atoms with Crippen molar-refractivity contribution >= 4 is 17.3 Å². The van der Waals surface area contributed by atoms with Crippen molar-refractivity contribution in [2.24, 2.45) is 0 Å². The van der Waals surface area contributed by atoms with Gasteiger partial charge < -0.3 is 20.5 Å². The van der Waals surface area contributed by atoms with Gasteiger partial charge in [0.15, 0.2) is 0 Å². The second-order valence-corrected chi connectivity index (χ2v) is 3.86. The minimum absolute atomic E-state index is 0.110. The number of halogens is 1. The maximum atomic E-state index is 12.8. The SMILES string of the molecule is COCC(C)OCC(=O)Nc1ccc(F)cc1N. The Hall–Kier alpha value is -1.66. The first-order valence-corrected chi connectivity index (χ1v) is 5.48. The number of hydrogen-bond acceptors (Lipinski definition) is 4. The highest BCUT2D eigenvalue weighted by molar-refractivity contribution is 5.94. The zero-order chi connectivity index (χ0) is 13.5. The summed E-state index contributed by atoms with van der Waals surface area (Å²) in [5, 5.41) is 2.54. The van der Waals surface area contributed by atoms with Gasteiger partial charge in [-0.15, -0.1) is 0 Å². The number of nitrogens with two attached hydrogens (primary N) is 1. The molecule has 0 aliphatic carbocycles. The van der Waals surface area contributed by atoms with E-state index in [-0.39, 0.29) is 24.3 Å². The van der Waals surface area contributed by atoms with Crippen LogP contribution < -0.4 is 11.1 Å². The van der Waals surface area contributed by atoms with Crippen LogP contribution in [0.3, 0.4) is 0 Å². The van der Waals surface area contributed by atoms with Crippen LogP contribution in [0.25, 0.3) is 0 Å². The van der Waals surface area contributed by atoms with E-state index in [1.54, 1.807) is 14.0 Å². The third-order valence-electron chi connectivity index (χ3n) is 2.19. The van der Waals surface area contributed by atoms with Crippen molar-refractivity contribution in [2.45, 2.75) is 13.0 Å². The largest absolute Gasteiger partial charge is 0.397 e. The number of nitrogen functional groups attached to an aromatic ring is 1. The van der Waals surface area contributed by atoms with Gasteiger partial charge in [-0.2, -0.15) is 0 Å². The molecule has 0 spiro atoms. The molecule has 1 amide bonds. The summed E-state index contributed by atoms with van der Waals surface area (Å²) in [7, 11) is 1.55. The highest BCUT2D eigenvalue weighted by atomic mass is 19.1. The fourth-order valence-corrected chi connectivity index (χ4v) is 1.33. The number of methoxy groups -OCH3 is 1. The van der Waals surface area contributed by atoms with Crippen molar-refractivity contribution in [1.82, 2.24) is 0 Å². The Morgan fingerprint density at radius 3 is 2.89 bits per heavy atom. The molecule has 5 nitrogen and oxygen atoms in total. The van der Waals surface area contributed by atoms with Crippen molar-refractivity contribution in [3.8, 4) is 0 Å². The van der Waals surface area contributed by atoms with Gasteiger partial charge in [0.05, 0.1) is 24.1 Å². The van der Waals surface area contributed by atoms with Crippen molar-refractivity contribution in [1.29, 1.82) is 0 Å². The molecule has 100 valence electrons. The fraction of sp³-hybridized carbons (Fsp3) is 0.417. The molecule has 0 aromatic heterocycles. The van der Waals surface area contributed by atoms with Gasteiger partial charge in [-0.25, -0.2) is 4.39 Å². The Bertz CT molecular complexity index is 412. The van der Waals surface area contributed by atoms with Crippen LogP contribution in [0, 0.1) is 5.82 Å². The number of hydrogen-bond donors (Lipinski definition) is 2. The number of ether oxygens (including phenoxy) is 2. The van der Waals surface area contributed by atoms with E-state index in [2.05, 4.69) is 5.32 Å². The monoisotopic (exact) mass is 256 g/mol. The Balaban J connectivity index is 2.44. The van der Waals surface area contributed by atoms with Crippen LogP contribution in [0.1, 0.15) is 6.92 Å². The Morgan fingerprint density at radius 2 is 2.28 bits per heavy atom. The summed E-state index contributed by atoms with van der Waals surface area (Å²) >= 11 is 0. The third-order valence-corrected chi connectivity index (χ3v) is 2.19. The van der Waals surface area contributed by atoms with Crippen molar-refractivity contribution in [3.63, 3.8) is 0 Å². The van der Waals surface area contributed by atoms with Crippen LogP contribution in [0.5, 0.6) is 0 Å². The number of anilines is 2. The standard InChI is InChI=1S/C12H17FN2O3/c1-8(6-17-2)18-7-12(16)15-11-4-3-9(13)5-10(11)14/h3-5,8H,6-7,14H2,1-2H3,(H,15,16). The van der Waals surface area contributed by atoms with Crippen LogP contribution in [0.15, 0.2) is 18.2 Å². The molecular formula is C12H17FN2O3. The lowest BCUT2D eigenvalue weighted by molar-refractivity contribution is -0.123. The highest BCUT2D eigenvalue weighted by Crippen LogP contribution is 2.18. The summed E-state index contributed by atoms with van der Waals surface area (Å²) < 4.78 is 22.9. The summed E-state index contributed by atoms with van der Waals surface area (Å²) in [6.45, 7) is 2.09. The molecule has 6 heteroatoms. The minimum Gasteiger partial charge on any atom is -0.397 e. The van der Waals surface area contributed by atoms with E-state index < -0.39 is 5.82 Å². The number of carbonyl (C=O) groups excluding carboxylic acids is 1. The van der Waals surface area contributed by atoms with E-state index in [9.17, 15) is 9.18 Å². The summed E-state index contributed by atoms with van der Waals surface area (Å²) in [5.41, 5.74) is 6.10. The van der Waals surface area contributed by atoms with Crippen molar-refractivity contribution in [2.75, 3.05) is 31.4 Å². The number of rotatable bonds is 6. The van der Waals surface area contributed by atoms with Gasteiger partial charge in [0.25, 0.3) is 0 Å². The molecule has 3 N–H and O–H groups in total. The van der Waals surface area contributed by atoms with Crippen LogP contribution in [-0.2, 0) is 14.3 Å². The quantitative estimate of drug-likeness (QED) is 0.754. The second-order valence-electron chi connectivity index (χ2n) is 3.86. The van der Waals surface area contributed by atoms with Gasteiger partial charge in [0.1, 0.15) is 12.4 Å². The first-order valence-electron chi connectivity index (χ1n) is 5.48. The van der Waals surface area contributed by atoms with E-state index in [1.165, 1.54) is 12.1 Å². The molecule has 0 saturated carbocycles. The summed E-state index contributed by atoms with van der Waals surface area (Å²) in [6.07, 6.45) is -0.175. The Morgan fingerprint density at radius 1 is 1.56 bits per heavy atom. The third kappa shape index (κ3) is 4.68. The number of carbonyl (C=O) groups is 1. The lowest BCUT2D eigenvalue weighted by Gasteiger charge is -2.12. The predicted molar refractivity (Wildman–Crippen MR) is 66.7 cm³/mol. The average molecular weight is 256 g/mol. The lowest BCUT2D eigenvalue weighted by atomic mass is 10.2. The summed E-state index contributed by atoms with van der Waals surface area (Å²) in [6, 6.07) is 3.77. The molecule has 18 heavy (non-hydrogen) atoms. The molecule has 1 rings (SSSR count). The molecule has 0 fully saturated rings. The van der Waals surface area contributed by atoms with Gasteiger partial charge in [-0.3, -0.25) is 4.79 Å². The highest BCUT2D eigenvalue weighted by Gasteiger charge is 2.08. The maximum Gasteiger partial charge on any atom is 0.250 e. The normalized spacial score (nSPS) is 12.2. The van der Waals surface area contributed by atoms with E-state index in [1.807, 2.05) is 0 Å². The van der Waals surface area contributed by atoms with Gasteiger partial charge >= 0.3 is 0 Å². The molecule has 1 atom stereocenters. The molecule has 1 unspecified atom stereocenters. The van der Waals surface area contributed by atoms with E-state index in [0.29, 0.717) is 12.3 Å². The van der Waals surface area contributed by atoms with Crippen LogP contribution in [-0.4, -0.2) is 32.3 Å². The Kier molecular flexibility index (Phi) is 5.54. The molecule has 0 heterocycles. The zero-order valence-corrected chi connectivity index (χ0v) is 10.4. The number of benzene rings is 1. The first-order chi connectivity index (χ1) is 8.52. The topological polar surface area (TPSA) is 73.6 Å². The zero-order valence-electron chi connectivity index (χ0n) is 10.4. The van der Waals surface area contributed by atoms with E-state index in [4.69, 9.17) is 15.2 Å². The first kappa shape index (κ1) is 14.4. The average Bonchev–Trinajstić information content (AvgIpc) is 2.31. The van der Waals surface area contributed by atoms with E-state index >= 15 is 0 Å². The molecule has 0 aliphatic rings. The predicted octanol–water partition coefficient (Wildman–Crippen LogP) is 1.40. The van der Waals surface area contributed by atoms with Gasteiger partial charge in [-0.05, 0) is 25.1 Å². The van der Waals surface area contributed by atoms with Crippen molar-refractivity contribution < 1.29 is 18.7 Å². The summed E-state index contributed by atoms with van der Waals surface area (Å²) in [5.74, 6) is -0.799. The molecule has 0 bridgehead atoms. The lowest BCUT2D eigenvalue weighted by Crippen LogP contribution is -2.24. The molecule has 0 radical (unpaired) electrons. The summed E-state index contributed by atoms with van der Waals surface area (Å²) in [4.78, 5) is 11.5. The van der Waals surface area contributed by atoms with Crippen molar-refractivity contribution in [3.05, 3.63) is 24.0 Å². The number of amides is 1. The van der Waals surface area contributed by atoms with Crippen LogP contribution in [0.4, 0.5) is 15.8 Å². The Labute approximate surface area is 105 Å². The maximum absolute atomic E-state index is 12.8. The second kappa shape index (κ2) is 6.93. The smallest absolute Gasteiger partial charge is 0.250 e. The van der Waals surface area contributed by atoms with Gasteiger partial charge in [0.2, 0.25) is 5.91 Å². The van der Waals surface area contributed by atoms with Gasteiger partial charge in [-0.1, -0.05) is 0 Å². The van der Waals surface area contributed by atoms with E-state index in [0.717, 1.165) is 6.07 Å². The fourth-order valence-electron chi connectivity index (χ4n) is 1.33. The molecule has 1 aromatic carbocycles. The van der Waals surface area contributed by atoms with Gasteiger partial charge in [0, 0.05) is 7.11 Å². The minimum atomic E-state index is -0.449. The number of nitrogens with one attached hydrogen (secondary N) is 1. The van der Waals surface area contributed by atoms with Crippen LogP contribution >= 0.6 is 0 Å². The molecule has 0 aliphatic heterocycles.